The number of alkyl halides is 3. The molecular formula is C21H18F3N5O3S. The molecule has 3 heterocycles. The fourth-order valence-electron chi connectivity index (χ4n) is 3.34. The normalized spacial score (nSPS) is 14.3. The van der Waals surface area contributed by atoms with Crippen molar-refractivity contribution in [3.05, 3.63) is 64.3 Å². The van der Waals surface area contributed by atoms with Crippen molar-refractivity contribution in [2.45, 2.75) is 13.1 Å². The molecule has 0 saturated carbocycles. The number of hydrogen-bond acceptors (Lipinski definition) is 8. The Labute approximate surface area is 190 Å². The van der Waals surface area contributed by atoms with Crippen molar-refractivity contribution < 1.29 is 27.5 Å². The van der Waals surface area contributed by atoms with Crippen LogP contribution >= 0.6 is 11.3 Å². The Bertz CT molecular complexity index is 1160. The molecule has 3 aromatic rings. The van der Waals surface area contributed by atoms with Crippen LogP contribution in [0.4, 0.5) is 19.0 Å². The number of rotatable bonds is 4. The number of aromatic nitrogens is 3. The van der Waals surface area contributed by atoms with Gasteiger partial charge in [0.25, 0.3) is 11.1 Å². The van der Waals surface area contributed by atoms with Gasteiger partial charge in [0.15, 0.2) is 11.5 Å². The van der Waals surface area contributed by atoms with Gasteiger partial charge in [-0.15, -0.1) is 10.2 Å². The number of thiazole rings is 1. The number of piperazine rings is 1. The number of carbonyl (C=O) groups excluding carboxylic acids is 2. The Hall–Kier alpha value is -3.54. The molecule has 1 fully saturated rings. The number of ether oxygens (including phenoxy) is 1. The van der Waals surface area contributed by atoms with E-state index in [1.807, 2.05) is 4.90 Å². The largest absolute Gasteiger partial charge is 0.417 e. The van der Waals surface area contributed by atoms with E-state index in [1.54, 1.807) is 18.4 Å². The number of benzene rings is 1. The molecule has 1 aliphatic heterocycles. The van der Waals surface area contributed by atoms with E-state index in [2.05, 4.69) is 15.2 Å². The van der Waals surface area contributed by atoms with E-state index in [4.69, 9.17) is 4.74 Å². The van der Waals surface area contributed by atoms with Gasteiger partial charge in [0, 0.05) is 31.6 Å². The molecular weight excluding hydrogens is 459 g/mol. The Balaban J connectivity index is 1.37. The second-order valence-corrected chi connectivity index (χ2v) is 8.06. The maximum absolute atomic E-state index is 13.2. The van der Waals surface area contributed by atoms with Crippen LogP contribution in [0.15, 0.2) is 41.8 Å². The highest BCUT2D eigenvalue weighted by molar-refractivity contribution is 7.11. The number of aryl methyl sites for hydroxylation is 1. The summed E-state index contributed by atoms with van der Waals surface area (Å²) in [5.74, 6) is -0.856. The van der Waals surface area contributed by atoms with Crippen LogP contribution in [-0.4, -0.2) is 58.1 Å². The summed E-state index contributed by atoms with van der Waals surface area (Å²) in [6, 6.07) is 7.84. The van der Waals surface area contributed by atoms with E-state index in [9.17, 15) is 22.8 Å². The maximum Gasteiger partial charge on any atom is 0.417 e. The first kappa shape index (κ1) is 22.6. The Kier molecular flexibility index (Phi) is 6.27. The summed E-state index contributed by atoms with van der Waals surface area (Å²) in [6.45, 7) is 2.94. The van der Waals surface area contributed by atoms with Gasteiger partial charge in [0.2, 0.25) is 0 Å². The molecule has 0 atom stereocenters. The minimum atomic E-state index is -4.61. The molecule has 2 aromatic heterocycles. The minimum Gasteiger partial charge on any atom is -0.393 e. The number of carbonyl (C=O) groups is 2. The number of anilines is 1. The first-order valence-corrected chi connectivity index (χ1v) is 10.8. The highest BCUT2D eigenvalue weighted by Crippen LogP contribution is 2.32. The fraction of sp³-hybridized carbons (Fsp3) is 0.286. The van der Waals surface area contributed by atoms with Crippen molar-refractivity contribution >= 4 is 29.0 Å². The van der Waals surface area contributed by atoms with E-state index in [-0.39, 0.29) is 29.5 Å². The zero-order chi connectivity index (χ0) is 23.6. The zero-order valence-electron chi connectivity index (χ0n) is 17.4. The van der Waals surface area contributed by atoms with Crippen LogP contribution in [0.1, 0.15) is 32.1 Å². The smallest absolute Gasteiger partial charge is 0.393 e. The maximum atomic E-state index is 13.2. The van der Waals surface area contributed by atoms with Gasteiger partial charge >= 0.3 is 12.1 Å². The summed E-state index contributed by atoms with van der Waals surface area (Å²) in [4.78, 5) is 32.1. The molecule has 0 aliphatic carbocycles. The van der Waals surface area contributed by atoms with Crippen LogP contribution in [0.25, 0.3) is 0 Å². The predicted octanol–water partition coefficient (Wildman–Crippen LogP) is 3.44. The molecule has 0 bridgehead atoms. The van der Waals surface area contributed by atoms with Crippen LogP contribution in [-0.2, 0) is 6.18 Å². The fourth-order valence-corrected chi connectivity index (χ4v) is 3.98. The quantitative estimate of drug-likeness (QED) is 0.532. The number of esters is 1. The average Bonchev–Trinajstić information content (AvgIpc) is 3.22. The van der Waals surface area contributed by atoms with Gasteiger partial charge in [-0.25, -0.2) is 9.78 Å². The van der Waals surface area contributed by atoms with Crippen LogP contribution in [0.5, 0.6) is 5.19 Å². The Morgan fingerprint density at radius 1 is 1.03 bits per heavy atom. The van der Waals surface area contributed by atoms with E-state index in [0.29, 0.717) is 18.9 Å². The lowest BCUT2D eigenvalue weighted by Gasteiger charge is -2.35. The number of halogens is 3. The van der Waals surface area contributed by atoms with Crippen molar-refractivity contribution in [2.75, 3.05) is 31.1 Å². The van der Waals surface area contributed by atoms with E-state index in [0.717, 1.165) is 11.8 Å². The summed E-state index contributed by atoms with van der Waals surface area (Å²) < 4.78 is 44.9. The second kappa shape index (κ2) is 9.14. The van der Waals surface area contributed by atoms with Gasteiger partial charge < -0.3 is 14.5 Å². The third-order valence-electron chi connectivity index (χ3n) is 4.99. The molecule has 0 N–H and O–H groups in total. The van der Waals surface area contributed by atoms with Crippen LogP contribution in [0, 0.1) is 6.92 Å². The van der Waals surface area contributed by atoms with Gasteiger partial charge in [0.1, 0.15) is 0 Å². The van der Waals surface area contributed by atoms with Gasteiger partial charge in [-0.3, -0.25) is 4.79 Å². The summed E-state index contributed by atoms with van der Waals surface area (Å²) in [7, 11) is 0. The molecule has 0 radical (unpaired) electrons. The zero-order valence-corrected chi connectivity index (χ0v) is 18.2. The molecule has 4 rings (SSSR count). The first-order chi connectivity index (χ1) is 15.7. The Morgan fingerprint density at radius 2 is 1.76 bits per heavy atom. The van der Waals surface area contributed by atoms with E-state index < -0.39 is 23.6 Å². The van der Waals surface area contributed by atoms with Crippen molar-refractivity contribution in [3.63, 3.8) is 0 Å². The highest BCUT2D eigenvalue weighted by Gasteiger charge is 2.36. The third kappa shape index (κ3) is 5.11. The molecule has 0 spiro atoms. The first-order valence-electron chi connectivity index (χ1n) is 9.91. The third-order valence-corrected chi connectivity index (χ3v) is 5.83. The average molecular weight is 477 g/mol. The molecule has 1 aliphatic rings. The molecule has 33 heavy (non-hydrogen) atoms. The van der Waals surface area contributed by atoms with Gasteiger partial charge in [-0.1, -0.05) is 23.5 Å². The topological polar surface area (TPSA) is 88.5 Å². The van der Waals surface area contributed by atoms with Crippen molar-refractivity contribution in [1.29, 1.82) is 0 Å². The molecule has 1 amide bonds. The lowest BCUT2D eigenvalue weighted by molar-refractivity contribution is -0.138. The summed E-state index contributed by atoms with van der Waals surface area (Å²) in [5.41, 5.74) is -0.553. The second-order valence-electron chi connectivity index (χ2n) is 7.24. The van der Waals surface area contributed by atoms with Crippen molar-refractivity contribution in [1.82, 2.24) is 20.1 Å². The molecule has 172 valence electrons. The summed E-state index contributed by atoms with van der Waals surface area (Å²) >= 11 is 1.20. The van der Waals surface area contributed by atoms with Gasteiger partial charge in [-0.05, 0) is 31.2 Å². The van der Waals surface area contributed by atoms with E-state index >= 15 is 0 Å². The number of hydrogen-bond donors (Lipinski definition) is 0. The molecule has 0 unspecified atom stereocenters. The van der Waals surface area contributed by atoms with Crippen LogP contribution < -0.4 is 9.64 Å². The molecule has 12 heteroatoms. The highest BCUT2D eigenvalue weighted by atomic mass is 32.1. The van der Waals surface area contributed by atoms with Gasteiger partial charge in [0.05, 0.1) is 16.8 Å². The molecule has 1 saturated heterocycles. The van der Waals surface area contributed by atoms with E-state index in [1.165, 1.54) is 40.5 Å². The molecule has 1 aromatic carbocycles. The van der Waals surface area contributed by atoms with Gasteiger partial charge in [-0.2, -0.15) is 13.2 Å². The Morgan fingerprint density at radius 3 is 2.36 bits per heavy atom. The predicted molar refractivity (Wildman–Crippen MR) is 113 cm³/mol. The number of nitrogens with zero attached hydrogens (tertiary/aromatic N) is 5. The SMILES string of the molecule is Cc1csc(OC(=O)c2ccc(N3CCN(C(=O)c4ccccc4C(F)(F)F)CC3)nn2)n1. The molecule has 8 nitrogen and oxygen atoms in total. The van der Waals surface area contributed by atoms with Crippen molar-refractivity contribution in [2.24, 2.45) is 0 Å². The van der Waals surface area contributed by atoms with Crippen molar-refractivity contribution in [3.8, 4) is 5.19 Å². The lowest BCUT2D eigenvalue weighted by Crippen LogP contribution is -2.49. The summed E-state index contributed by atoms with van der Waals surface area (Å²) in [5, 5.41) is 9.93. The standard InChI is InChI=1S/C21H18F3N5O3S/c1-13-12-33-20(25-13)32-19(31)16-6-7-17(27-26-16)28-8-10-29(11-9-28)18(30)14-4-2-3-5-15(14)21(22,23)24/h2-7,12H,8-11H2,1H3. The lowest BCUT2D eigenvalue weighted by atomic mass is 10.1. The number of amides is 1. The minimum absolute atomic E-state index is 0.0178. The summed E-state index contributed by atoms with van der Waals surface area (Å²) in [6.07, 6.45) is -4.61. The monoisotopic (exact) mass is 477 g/mol. The van der Waals surface area contributed by atoms with Crippen LogP contribution in [0.3, 0.4) is 0 Å². The van der Waals surface area contributed by atoms with Crippen LogP contribution in [0.2, 0.25) is 0 Å².